The fraction of sp³-hybridized carbons (Fsp3) is 0.333. The van der Waals surface area contributed by atoms with Gasteiger partial charge in [-0.2, -0.15) is 18.4 Å². The first kappa shape index (κ1) is 33.0. The van der Waals surface area contributed by atoms with Crippen molar-refractivity contribution in [3.05, 3.63) is 94.5 Å². The van der Waals surface area contributed by atoms with Gasteiger partial charge in [-0.1, -0.05) is 43.5 Å². The number of urea groups is 1. The number of benzene rings is 3. The summed E-state index contributed by atoms with van der Waals surface area (Å²) in [6.45, 7) is -0.330. The molecule has 0 spiro atoms. The number of aliphatic hydroxyl groups excluding tert-OH is 1. The van der Waals surface area contributed by atoms with Gasteiger partial charge in [0.25, 0.3) is 5.91 Å². The predicted octanol–water partition coefficient (Wildman–Crippen LogP) is 6.13. The van der Waals surface area contributed by atoms with Gasteiger partial charge in [0.2, 0.25) is 0 Å². The molecular formula is C33H33F3N4O5. The van der Waals surface area contributed by atoms with Gasteiger partial charge in [0, 0.05) is 16.9 Å². The van der Waals surface area contributed by atoms with E-state index in [1.54, 1.807) is 24.3 Å². The van der Waals surface area contributed by atoms with Crippen LogP contribution >= 0.6 is 0 Å². The van der Waals surface area contributed by atoms with Crippen LogP contribution < -0.4 is 15.5 Å². The number of aliphatic hydroxyl groups is 1. The van der Waals surface area contributed by atoms with E-state index in [9.17, 15) is 32.7 Å². The lowest BCUT2D eigenvalue weighted by atomic mass is 9.84. The van der Waals surface area contributed by atoms with E-state index >= 15 is 0 Å². The third-order valence-corrected chi connectivity index (χ3v) is 7.71. The topological polar surface area (TPSA) is 132 Å². The summed E-state index contributed by atoms with van der Waals surface area (Å²) in [7, 11) is 1.12. The first-order valence-electron chi connectivity index (χ1n) is 14.4. The quantitative estimate of drug-likeness (QED) is 0.246. The summed E-state index contributed by atoms with van der Waals surface area (Å²) in [6, 6.07) is 17.6. The van der Waals surface area contributed by atoms with Crippen LogP contribution in [0.5, 0.6) is 0 Å². The van der Waals surface area contributed by atoms with Crippen LogP contribution in [0, 0.1) is 11.3 Å². The van der Waals surface area contributed by atoms with Gasteiger partial charge in [0.05, 0.1) is 37.4 Å². The second-order valence-electron chi connectivity index (χ2n) is 10.8. The fourth-order valence-electron chi connectivity index (χ4n) is 5.24. The Labute approximate surface area is 258 Å². The molecule has 0 radical (unpaired) electrons. The minimum Gasteiger partial charge on any atom is -0.467 e. The highest BCUT2D eigenvalue weighted by atomic mass is 19.4. The van der Waals surface area contributed by atoms with Crippen molar-refractivity contribution >= 4 is 29.3 Å². The van der Waals surface area contributed by atoms with Crippen molar-refractivity contribution in [1.82, 2.24) is 5.32 Å². The van der Waals surface area contributed by atoms with Crippen molar-refractivity contribution in [2.24, 2.45) is 0 Å². The van der Waals surface area contributed by atoms with Crippen molar-refractivity contribution in [2.75, 3.05) is 23.9 Å². The molecule has 1 saturated carbocycles. The average Bonchev–Trinajstić information content (AvgIpc) is 3.05. The van der Waals surface area contributed by atoms with Gasteiger partial charge in [0.15, 0.2) is 6.10 Å². The van der Waals surface area contributed by atoms with Crippen molar-refractivity contribution in [3.63, 3.8) is 0 Å². The van der Waals surface area contributed by atoms with E-state index in [0.29, 0.717) is 17.2 Å². The van der Waals surface area contributed by atoms with Gasteiger partial charge in [-0.15, -0.1) is 0 Å². The Balaban J connectivity index is 1.56. The number of halogens is 3. The number of ether oxygens (including phenoxy) is 1. The number of carbonyl (C=O) groups is 3. The van der Waals surface area contributed by atoms with Crippen LogP contribution in [0.15, 0.2) is 66.7 Å². The molecule has 0 heterocycles. The summed E-state index contributed by atoms with van der Waals surface area (Å²) < 4.78 is 45.1. The SMILES string of the molecule is COC(=O)C(O)CNC(=O)c1ccc(CN(C(=O)Nc2ccc(C#N)c(C(F)(F)F)c2)c2ccc(C3CCCCC3)cc2)cc1. The number of nitriles is 1. The Bertz CT molecular complexity index is 1550. The van der Waals surface area contributed by atoms with E-state index in [2.05, 4.69) is 15.4 Å². The van der Waals surface area contributed by atoms with Crippen LogP contribution in [-0.2, 0) is 22.3 Å². The molecule has 1 aliphatic rings. The van der Waals surface area contributed by atoms with Gasteiger partial charge in [-0.3, -0.25) is 9.69 Å². The van der Waals surface area contributed by atoms with Gasteiger partial charge in [-0.25, -0.2) is 9.59 Å². The van der Waals surface area contributed by atoms with E-state index in [1.807, 2.05) is 12.1 Å². The Morgan fingerprint density at radius 1 is 1.02 bits per heavy atom. The first-order chi connectivity index (χ1) is 21.5. The zero-order valence-corrected chi connectivity index (χ0v) is 24.6. The van der Waals surface area contributed by atoms with Crippen molar-refractivity contribution in [3.8, 4) is 6.07 Å². The van der Waals surface area contributed by atoms with Crippen LogP contribution in [0.25, 0.3) is 0 Å². The molecule has 1 unspecified atom stereocenters. The third-order valence-electron chi connectivity index (χ3n) is 7.71. The van der Waals surface area contributed by atoms with E-state index in [1.165, 1.54) is 35.6 Å². The number of hydrogen-bond donors (Lipinski definition) is 3. The molecule has 12 heteroatoms. The highest BCUT2D eigenvalue weighted by molar-refractivity contribution is 6.02. The van der Waals surface area contributed by atoms with Gasteiger partial charge < -0.3 is 20.5 Å². The molecule has 0 saturated heterocycles. The zero-order valence-electron chi connectivity index (χ0n) is 24.6. The normalized spacial score (nSPS) is 14.1. The predicted molar refractivity (Wildman–Crippen MR) is 160 cm³/mol. The Morgan fingerprint density at radius 3 is 2.29 bits per heavy atom. The number of carbonyl (C=O) groups excluding carboxylic acids is 3. The molecule has 3 N–H and O–H groups in total. The molecule has 1 atom stereocenters. The molecule has 0 bridgehead atoms. The van der Waals surface area contributed by atoms with Crippen molar-refractivity contribution in [1.29, 1.82) is 5.26 Å². The number of anilines is 2. The van der Waals surface area contributed by atoms with Gasteiger partial charge in [0.1, 0.15) is 0 Å². The molecule has 0 aromatic heterocycles. The Morgan fingerprint density at radius 2 is 1.69 bits per heavy atom. The van der Waals surface area contributed by atoms with Crippen LogP contribution in [0.2, 0.25) is 0 Å². The summed E-state index contributed by atoms with van der Waals surface area (Å²) in [6.07, 6.45) is -0.596. The molecule has 1 aliphatic carbocycles. The molecule has 9 nitrogen and oxygen atoms in total. The number of hydrogen-bond acceptors (Lipinski definition) is 6. The highest BCUT2D eigenvalue weighted by Gasteiger charge is 2.34. The summed E-state index contributed by atoms with van der Waals surface area (Å²) >= 11 is 0. The summed E-state index contributed by atoms with van der Waals surface area (Å²) in [5, 5.41) is 23.8. The lowest BCUT2D eigenvalue weighted by molar-refractivity contribution is -0.149. The number of nitrogens with zero attached hydrogens (tertiary/aromatic N) is 2. The molecule has 3 aromatic carbocycles. The molecule has 3 aromatic rings. The largest absolute Gasteiger partial charge is 0.467 e. The minimum absolute atomic E-state index is 0.0139. The summed E-state index contributed by atoms with van der Waals surface area (Å²) in [5.41, 5.74) is 0.684. The molecule has 45 heavy (non-hydrogen) atoms. The number of methoxy groups -OCH3 is 1. The molecular weight excluding hydrogens is 589 g/mol. The molecule has 3 amide bonds. The van der Waals surface area contributed by atoms with E-state index in [0.717, 1.165) is 50.5 Å². The smallest absolute Gasteiger partial charge is 0.417 e. The third kappa shape index (κ3) is 8.61. The monoisotopic (exact) mass is 622 g/mol. The number of rotatable bonds is 9. The number of amides is 3. The standard InChI is InChI=1S/C33H33F3N4O5/c1-45-31(43)29(41)19-38-30(42)24-9-7-21(8-10-24)20-40(27-15-12-23(13-16-27)22-5-3-2-4-6-22)32(44)39-26-14-11-25(18-37)28(17-26)33(34,35)36/h7-17,22,29,41H,2-6,19-20H2,1H3,(H,38,42)(H,39,44). The maximum absolute atomic E-state index is 13.6. The zero-order chi connectivity index (χ0) is 32.6. The molecule has 0 aliphatic heterocycles. The number of esters is 1. The van der Waals surface area contributed by atoms with Crippen LogP contribution in [0.3, 0.4) is 0 Å². The van der Waals surface area contributed by atoms with E-state index in [-0.39, 0.29) is 24.3 Å². The summed E-state index contributed by atoms with van der Waals surface area (Å²) in [4.78, 5) is 38.8. The summed E-state index contributed by atoms with van der Waals surface area (Å²) in [5.74, 6) is -0.993. The van der Waals surface area contributed by atoms with E-state index in [4.69, 9.17) is 5.26 Å². The number of nitrogens with one attached hydrogen (secondary N) is 2. The second-order valence-corrected chi connectivity index (χ2v) is 10.8. The maximum atomic E-state index is 13.6. The van der Waals surface area contributed by atoms with Gasteiger partial charge in [-0.05, 0) is 72.4 Å². The van der Waals surface area contributed by atoms with Gasteiger partial charge >= 0.3 is 18.2 Å². The van der Waals surface area contributed by atoms with Crippen LogP contribution in [-0.4, -0.2) is 42.8 Å². The molecule has 4 rings (SSSR count). The van der Waals surface area contributed by atoms with Crippen molar-refractivity contribution in [2.45, 2.75) is 56.8 Å². The minimum atomic E-state index is -4.79. The Hall–Kier alpha value is -4.89. The molecule has 1 fully saturated rings. The maximum Gasteiger partial charge on any atom is 0.417 e. The van der Waals surface area contributed by atoms with Crippen LogP contribution in [0.1, 0.15) is 70.6 Å². The Kier molecular flexibility index (Phi) is 10.8. The lowest BCUT2D eigenvalue weighted by Gasteiger charge is -2.26. The second kappa shape index (κ2) is 14.7. The van der Waals surface area contributed by atoms with Crippen molar-refractivity contribution < 1.29 is 37.4 Å². The molecule has 236 valence electrons. The number of alkyl halides is 3. The fourth-order valence-corrected chi connectivity index (χ4v) is 5.24. The average molecular weight is 623 g/mol. The lowest BCUT2D eigenvalue weighted by Crippen LogP contribution is -2.37. The van der Waals surface area contributed by atoms with Crippen LogP contribution in [0.4, 0.5) is 29.3 Å². The highest BCUT2D eigenvalue weighted by Crippen LogP contribution is 2.35. The first-order valence-corrected chi connectivity index (χ1v) is 14.4. The van der Waals surface area contributed by atoms with E-state index < -0.39 is 41.3 Å².